The molecule has 0 aliphatic heterocycles. The SMILES string of the molecule is CC(CO)NC1CC(C)c2c(Br)cccc21. The quantitative estimate of drug-likeness (QED) is 0.894. The zero-order valence-corrected chi connectivity index (χ0v) is 11.3. The van der Waals surface area contributed by atoms with Gasteiger partial charge in [0.25, 0.3) is 0 Å². The summed E-state index contributed by atoms with van der Waals surface area (Å²) in [4.78, 5) is 0. The highest BCUT2D eigenvalue weighted by Gasteiger charge is 2.30. The fourth-order valence-electron chi connectivity index (χ4n) is 2.53. The van der Waals surface area contributed by atoms with Crippen LogP contribution in [0.3, 0.4) is 0 Å². The first-order chi connectivity index (χ1) is 7.63. The molecule has 2 rings (SSSR count). The summed E-state index contributed by atoms with van der Waals surface area (Å²) in [6.07, 6.45) is 1.11. The van der Waals surface area contributed by atoms with Crippen LogP contribution < -0.4 is 5.32 Å². The second-order valence-electron chi connectivity index (χ2n) is 4.68. The monoisotopic (exact) mass is 283 g/mol. The van der Waals surface area contributed by atoms with Gasteiger partial charge < -0.3 is 10.4 Å². The average Bonchev–Trinajstić information content (AvgIpc) is 2.57. The maximum atomic E-state index is 9.09. The molecular weight excluding hydrogens is 266 g/mol. The van der Waals surface area contributed by atoms with Crippen LogP contribution in [0.5, 0.6) is 0 Å². The van der Waals surface area contributed by atoms with E-state index in [0.717, 1.165) is 6.42 Å². The largest absolute Gasteiger partial charge is 0.395 e. The molecule has 1 aromatic carbocycles. The molecule has 1 aromatic rings. The van der Waals surface area contributed by atoms with Crippen LogP contribution >= 0.6 is 15.9 Å². The third-order valence-corrected chi connectivity index (χ3v) is 4.00. The zero-order chi connectivity index (χ0) is 11.7. The molecule has 0 heterocycles. The first kappa shape index (κ1) is 12.1. The molecule has 2 nitrogen and oxygen atoms in total. The molecule has 3 heteroatoms. The molecule has 0 spiro atoms. The Hall–Kier alpha value is -0.380. The van der Waals surface area contributed by atoms with E-state index in [9.17, 15) is 0 Å². The molecular formula is C13H18BrNO. The summed E-state index contributed by atoms with van der Waals surface area (Å²) in [5, 5.41) is 12.6. The van der Waals surface area contributed by atoms with Crippen molar-refractivity contribution in [3.05, 3.63) is 33.8 Å². The Bertz CT molecular complexity index is 380. The molecule has 88 valence electrons. The highest BCUT2D eigenvalue weighted by atomic mass is 79.9. The molecule has 0 saturated heterocycles. The van der Waals surface area contributed by atoms with Gasteiger partial charge in [-0.3, -0.25) is 0 Å². The summed E-state index contributed by atoms with van der Waals surface area (Å²) in [5.41, 5.74) is 2.80. The number of nitrogens with one attached hydrogen (secondary N) is 1. The Labute approximate surface area is 105 Å². The predicted molar refractivity (Wildman–Crippen MR) is 69.6 cm³/mol. The first-order valence-electron chi connectivity index (χ1n) is 5.78. The van der Waals surface area contributed by atoms with E-state index in [-0.39, 0.29) is 12.6 Å². The van der Waals surface area contributed by atoms with Crippen molar-refractivity contribution >= 4 is 15.9 Å². The van der Waals surface area contributed by atoms with Crippen LogP contribution in [0.1, 0.15) is 43.4 Å². The van der Waals surface area contributed by atoms with Crippen LogP contribution in [0.25, 0.3) is 0 Å². The summed E-state index contributed by atoms with van der Waals surface area (Å²) in [7, 11) is 0. The summed E-state index contributed by atoms with van der Waals surface area (Å²) in [6.45, 7) is 4.46. The van der Waals surface area contributed by atoms with E-state index in [4.69, 9.17) is 5.11 Å². The molecule has 3 unspecified atom stereocenters. The lowest BCUT2D eigenvalue weighted by atomic mass is 10.0. The summed E-state index contributed by atoms with van der Waals surface area (Å²) < 4.78 is 1.21. The number of fused-ring (bicyclic) bond motifs is 1. The molecule has 0 bridgehead atoms. The Morgan fingerprint density at radius 3 is 3.00 bits per heavy atom. The number of benzene rings is 1. The van der Waals surface area contributed by atoms with Gasteiger partial charge in [-0.2, -0.15) is 0 Å². The molecule has 2 N–H and O–H groups in total. The highest BCUT2D eigenvalue weighted by Crippen LogP contribution is 2.43. The van der Waals surface area contributed by atoms with E-state index in [1.807, 2.05) is 6.92 Å². The number of aliphatic hydroxyl groups excluding tert-OH is 1. The smallest absolute Gasteiger partial charge is 0.0582 e. The van der Waals surface area contributed by atoms with E-state index < -0.39 is 0 Å². The summed E-state index contributed by atoms with van der Waals surface area (Å²) >= 11 is 3.62. The van der Waals surface area contributed by atoms with Gasteiger partial charge in [0.05, 0.1) is 6.61 Å². The third-order valence-electron chi connectivity index (χ3n) is 3.30. The van der Waals surface area contributed by atoms with Crippen LogP contribution in [0, 0.1) is 0 Å². The van der Waals surface area contributed by atoms with Crippen molar-refractivity contribution < 1.29 is 5.11 Å². The standard InChI is InChI=1S/C13H18BrNO/c1-8-6-12(15-9(2)7-16)10-4-3-5-11(14)13(8)10/h3-5,8-9,12,15-16H,6-7H2,1-2H3. The van der Waals surface area contributed by atoms with Gasteiger partial charge in [-0.1, -0.05) is 35.0 Å². The number of aliphatic hydroxyl groups is 1. The fraction of sp³-hybridized carbons (Fsp3) is 0.538. The minimum Gasteiger partial charge on any atom is -0.395 e. The summed E-state index contributed by atoms with van der Waals surface area (Å²) in [5.74, 6) is 0.578. The van der Waals surface area contributed by atoms with Gasteiger partial charge in [0.1, 0.15) is 0 Å². The number of rotatable bonds is 3. The number of halogens is 1. The number of hydrogen-bond donors (Lipinski definition) is 2. The lowest BCUT2D eigenvalue weighted by Gasteiger charge is -2.18. The van der Waals surface area contributed by atoms with Crippen molar-refractivity contribution in [3.63, 3.8) is 0 Å². The van der Waals surface area contributed by atoms with Gasteiger partial charge >= 0.3 is 0 Å². The van der Waals surface area contributed by atoms with Crippen molar-refractivity contribution in [1.82, 2.24) is 5.32 Å². The second kappa shape index (κ2) is 4.86. The van der Waals surface area contributed by atoms with Gasteiger partial charge in [-0.25, -0.2) is 0 Å². The van der Waals surface area contributed by atoms with Crippen LogP contribution in [-0.2, 0) is 0 Å². The molecule has 0 radical (unpaired) electrons. The maximum Gasteiger partial charge on any atom is 0.0582 e. The third kappa shape index (κ3) is 2.17. The van der Waals surface area contributed by atoms with E-state index in [1.165, 1.54) is 15.6 Å². The van der Waals surface area contributed by atoms with Crippen LogP contribution in [0.4, 0.5) is 0 Å². The van der Waals surface area contributed by atoms with Crippen LogP contribution in [0.2, 0.25) is 0 Å². The summed E-state index contributed by atoms with van der Waals surface area (Å²) in [6, 6.07) is 6.91. The molecule has 16 heavy (non-hydrogen) atoms. The van der Waals surface area contributed by atoms with E-state index in [0.29, 0.717) is 12.0 Å². The predicted octanol–water partition coefficient (Wildman–Crippen LogP) is 2.97. The minimum absolute atomic E-state index is 0.155. The van der Waals surface area contributed by atoms with Crippen molar-refractivity contribution in [2.24, 2.45) is 0 Å². The first-order valence-corrected chi connectivity index (χ1v) is 6.58. The highest BCUT2D eigenvalue weighted by molar-refractivity contribution is 9.10. The van der Waals surface area contributed by atoms with Gasteiger partial charge in [0, 0.05) is 16.6 Å². The van der Waals surface area contributed by atoms with Crippen molar-refractivity contribution in [1.29, 1.82) is 0 Å². The van der Waals surface area contributed by atoms with E-state index in [1.54, 1.807) is 0 Å². The van der Waals surface area contributed by atoms with Crippen molar-refractivity contribution in [2.45, 2.75) is 38.3 Å². The Morgan fingerprint density at radius 1 is 1.56 bits per heavy atom. The van der Waals surface area contributed by atoms with Crippen LogP contribution in [-0.4, -0.2) is 17.8 Å². The van der Waals surface area contributed by atoms with Gasteiger partial charge in [-0.05, 0) is 36.5 Å². The molecule has 0 aromatic heterocycles. The maximum absolute atomic E-state index is 9.09. The Kier molecular flexibility index (Phi) is 3.67. The minimum atomic E-state index is 0.155. The lowest BCUT2D eigenvalue weighted by molar-refractivity contribution is 0.239. The molecule has 0 saturated carbocycles. The van der Waals surface area contributed by atoms with Gasteiger partial charge in [-0.15, -0.1) is 0 Å². The number of hydrogen-bond acceptors (Lipinski definition) is 2. The Balaban J connectivity index is 2.26. The van der Waals surface area contributed by atoms with E-state index >= 15 is 0 Å². The molecule has 0 amide bonds. The van der Waals surface area contributed by atoms with Gasteiger partial charge in [0.15, 0.2) is 0 Å². The second-order valence-corrected chi connectivity index (χ2v) is 5.54. The fourth-order valence-corrected chi connectivity index (χ4v) is 3.30. The zero-order valence-electron chi connectivity index (χ0n) is 9.70. The normalized spacial score (nSPS) is 25.5. The van der Waals surface area contributed by atoms with Gasteiger partial charge in [0.2, 0.25) is 0 Å². The Morgan fingerprint density at radius 2 is 2.31 bits per heavy atom. The lowest BCUT2D eigenvalue weighted by Crippen LogP contribution is -2.32. The average molecular weight is 284 g/mol. The topological polar surface area (TPSA) is 32.3 Å². The van der Waals surface area contributed by atoms with Crippen molar-refractivity contribution in [3.8, 4) is 0 Å². The molecule has 3 atom stereocenters. The van der Waals surface area contributed by atoms with E-state index in [2.05, 4.69) is 46.4 Å². The molecule has 1 aliphatic rings. The molecule has 1 aliphatic carbocycles. The molecule has 0 fully saturated rings. The van der Waals surface area contributed by atoms with Crippen molar-refractivity contribution in [2.75, 3.05) is 6.61 Å². The van der Waals surface area contributed by atoms with Crippen LogP contribution in [0.15, 0.2) is 22.7 Å².